The van der Waals surface area contributed by atoms with Gasteiger partial charge >= 0.3 is 35.4 Å². The number of nitro groups is 1. The first-order chi connectivity index (χ1) is 16.7. The molecule has 36 heavy (non-hydrogen) atoms. The number of nitrogens with zero attached hydrogens (tertiary/aromatic N) is 4. The Morgan fingerprint density at radius 1 is 1.42 bits per heavy atom. The van der Waals surface area contributed by atoms with Gasteiger partial charge in [-0.1, -0.05) is 11.2 Å². The van der Waals surface area contributed by atoms with Crippen LogP contribution in [-0.4, -0.2) is 62.6 Å². The summed E-state index contributed by atoms with van der Waals surface area (Å²) in [7, 11) is 1.24. The van der Waals surface area contributed by atoms with Crippen LogP contribution in [0.4, 0.5) is 11.0 Å². The molecule has 1 saturated heterocycles. The fraction of sp³-hybridized carbons (Fsp3) is 0.211. The number of β-lactam (4-membered cyclic amide) rings is 1. The van der Waals surface area contributed by atoms with E-state index in [1.165, 1.54) is 42.5 Å². The SMILES string of the molecule is CON=C(C(=O)NC1C(=O)N2C(C(=O)[O-])=C(C=Cc3ccc([N+](=O)[O-])o3)CS[C@H]12)c1csc(N)n1.[Na+]. The molecule has 0 aliphatic carbocycles. The summed E-state index contributed by atoms with van der Waals surface area (Å²) in [6.07, 6.45) is 2.73. The molecule has 1 unspecified atom stereocenters. The Balaban J connectivity index is 0.00000361. The molecule has 14 nitrogen and oxygen atoms in total. The minimum absolute atomic E-state index is 0. The smallest absolute Gasteiger partial charge is 0.543 e. The van der Waals surface area contributed by atoms with Crippen LogP contribution in [0.3, 0.4) is 0 Å². The quantitative estimate of drug-likeness (QED) is 0.111. The number of nitrogens with one attached hydrogen (secondary N) is 1. The van der Waals surface area contributed by atoms with Gasteiger partial charge in [-0.25, -0.2) is 4.98 Å². The molecule has 17 heteroatoms. The van der Waals surface area contributed by atoms with Gasteiger partial charge in [0.2, 0.25) is 0 Å². The van der Waals surface area contributed by atoms with Crippen LogP contribution in [0.2, 0.25) is 0 Å². The maximum absolute atomic E-state index is 12.8. The summed E-state index contributed by atoms with van der Waals surface area (Å²) in [6, 6.07) is 1.48. The molecule has 0 aromatic carbocycles. The Bertz CT molecular complexity index is 1320. The molecule has 2 aliphatic rings. The van der Waals surface area contributed by atoms with Gasteiger partial charge in [-0.3, -0.25) is 24.6 Å². The molecular weight excluding hydrogens is 527 g/mol. The number of fused-ring (bicyclic) bond motifs is 1. The van der Waals surface area contributed by atoms with E-state index in [-0.39, 0.29) is 68.9 Å². The van der Waals surface area contributed by atoms with E-state index in [0.717, 1.165) is 22.3 Å². The molecule has 182 valence electrons. The Kier molecular flexibility index (Phi) is 8.57. The van der Waals surface area contributed by atoms with Crippen LogP contribution in [0, 0.1) is 10.1 Å². The van der Waals surface area contributed by atoms with Crippen LogP contribution < -0.4 is 45.7 Å². The Labute approximate surface area is 232 Å². The first-order valence-electron chi connectivity index (χ1n) is 9.66. The number of anilines is 1. The number of carbonyl (C=O) groups is 3. The number of furan rings is 1. The Morgan fingerprint density at radius 2 is 2.17 bits per heavy atom. The van der Waals surface area contributed by atoms with Gasteiger partial charge in [-0.2, -0.15) is 0 Å². The summed E-state index contributed by atoms with van der Waals surface area (Å²) in [5.74, 6) is -3.18. The van der Waals surface area contributed by atoms with Crippen molar-refractivity contribution in [2.24, 2.45) is 5.16 Å². The van der Waals surface area contributed by atoms with Crippen molar-refractivity contribution in [2.75, 3.05) is 18.6 Å². The van der Waals surface area contributed by atoms with E-state index in [9.17, 15) is 29.6 Å². The van der Waals surface area contributed by atoms with Gasteiger partial charge in [0.05, 0.1) is 17.7 Å². The van der Waals surface area contributed by atoms with Gasteiger partial charge in [-0.15, -0.1) is 23.1 Å². The molecule has 2 aromatic rings. The van der Waals surface area contributed by atoms with E-state index in [2.05, 4.69) is 15.5 Å². The molecule has 2 aromatic heterocycles. The summed E-state index contributed by atoms with van der Waals surface area (Å²) in [5.41, 5.74) is 5.44. The molecule has 2 atom stereocenters. The molecule has 2 aliphatic heterocycles. The largest absolute Gasteiger partial charge is 1.00 e. The summed E-state index contributed by atoms with van der Waals surface area (Å²) in [5, 5.41) is 29.8. The third-order valence-electron chi connectivity index (χ3n) is 4.88. The summed E-state index contributed by atoms with van der Waals surface area (Å²) in [4.78, 5) is 57.2. The Hall–Kier alpha value is -3.18. The predicted molar refractivity (Wildman–Crippen MR) is 122 cm³/mol. The second-order valence-electron chi connectivity index (χ2n) is 6.98. The van der Waals surface area contributed by atoms with Crippen molar-refractivity contribution in [3.8, 4) is 0 Å². The molecule has 0 bridgehead atoms. The van der Waals surface area contributed by atoms with Gasteiger partial charge in [-0.05, 0) is 17.7 Å². The average molecular weight is 542 g/mol. The van der Waals surface area contributed by atoms with Crippen molar-refractivity contribution in [1.82, 2.24) is 15.2 Å². The normalized spacial score (nSPS) is 19.4. The van der Waals surface area contributed by atoms with Crippen LogP contribution in [0.15, 0.2) is 44.4 Å². The minimum Gasteiger partial charge on any atom is -0.543 e. The number of aliphatic carboxylic acids is 1. The number of amides is 2. The van der Waals surface area contributed by atoms with Crippen molar-refractivity contribution in [3.63, 3.8) is 0 Å². The molecule has 4 rings (SSSR count). The first kappa shape index (κ1) is 27.4. The number of oxime groups is 1. The number of aromatic nitrogens is 1. The first-order valence-corrected chi connectivity index (χ1v) is 11.6. The van der Waals surface area contributed by atoms with E-state index in [0.29, 0.717) is 0 Å². The van der Waals surface area contributed by atoms with Crippen LogP contribution >= 0.6 is 23.1 Å². The van der Waals surface area contributed by atoms with Crippen LogP contribution in [-0.2, 0) is 19.2 Å². The van der Waals surface area contributed by atoms with E-state index in [4.69, 9.17) is 15.0 Å². The predicted octanol–water partition coefficient (Wildman–Crippen LogP) is -3.30. The third kappa shape index (κ3) is 5.31. The number of thioether (sulfide) groups is 1. The van der Waals surface area contributed by atoms with Crippen LogP contribution in [0.25, 0.3) is 6.08 Å². The molecule has 2 amide bonds. The number of rotatable bonds is 8. The molecule has 0 spiro atoms. The number of thiazole rings is 1. The van der Waals surface area contributed by atoms with E-state index < -0.39 is 40.0 Å². The van der Waals surface area contributed by atoms with Crippen molar-refractivity contribution in [3.05, 3.63) is 56.4 Å². The van der Waals surface area contributed by atoms with Gasteiger partial charge in [0.1, 0.15) is 34.9 Å². The molecule has 0 saturated carbocycles. The molecule has 3 N–H and O–H groups in total. The van der Waals surface area contributed by atoms with Crippen molar-refractivity contribution in [1.29, 1.82) is 0 Å². The third-order valence-corrected chi connectivity index (χ3v) is 6.86. The zero-order chi connectivity index (χ0) is 25.3. The molecule has 1 fully saturated rings. The number of carbonyl (C=O) groups excluding carboxylic acids is 3. The number of carboxylic acids is 1. The fourth-order valence-electron chi connectivity index (χ4n) is 3.37. The van der Waals surface area contributed by atoms with Gasteiger partial charge in [0.15, 0.2) is 10.8 Å². The van der Waals surface area contributed by atoms with Gasteiger partial charge < -0.3 is 30.2 Å². The minimum atomic E-state index is -1.59. The van der Waals surface area contributed by atoms with Crippen molar-refractivity contribution < 1.29 is 63.2 Å². The number of nitrogens with two attached hydrogens (primary N) is 1. The topological polar surface area (TPSA) is 206 Å². The monoisotopic (exact) mass is 542 g/mol. The fourth-order valence-corrected chi connectivity index (χ4v) is 5.24. The van der Waals surface area contributed by atoms with E-state index in [1.54, 1.807) is 0 Å². The van der Waals surface area contributed by atoms with Gasteiger partial charge in [0, 0.05) is 11.1 Å². The number of hydrogen-bond donors (Lipinski definition) is 2. The molecule has 4 heterocycles. The average Bonchev–Trinajstić information content (AvgIpc) is 3.47. The number of hydrogen-bond acceptors (Lipinski definition) is 13. The second-order valence-corrected chi connectivity index (χ2v) is 8.98. The maximum Gasteiger partial charge on any atom is 1.00 e. The van der Waals surface area contributed by atoms with Gasteiger partial charge in [0.25, 0.3) is 11.8 Å². The van der Waals surface area contributed by atoms with Crippen LogP contribution in [0.5, 0.6) is 0 Å². The standard InChI is InChI=1S/C19H16N6O8S2.Na/c1-32-23-12(10-7-35-19(20)21-10)15(26)22-13-16(27)24-14(18(28)29)8(6-34-17(13)24)2-3-9-4-5-11(33-9)25(30)31;/h2-5,7,13,17H,6H2,1H3,(H2,20,21)(H,22,26)(H,28,29);/q;+1/p-1/t13?,17-;/m1./s1. The number of carboxylic acid groups (broad SMARTS) is 1. The number of nitrogen functional groups attached to an aromatic ring is 1. The second kappa shape index (κ2) is 11.3. The molecule has 0 radical (unpaired) electrons. The summed E-state index contributed by atoms with van der Waals surface area (Å²) in [6.45, 7) is 0. The van der Waals surface area contributed by atoms with E-state index >= 15 is 0 Å². The summed E-state index contributed by atoms with van der Waals surface area (Å²) >= 11 is 2.30. The molecular formula is C19H15N6NaO8S2. The van der Waals surface area contributed by atoms with E-state index in [1.807, 2.05) is 0 Å². The summed E-state index contributed by atoms with van der Waals surface area (Å²) < 4.78 is 5.02. The van der Waals surface area contributed by atoms with Crippen molar-refractivity contribution >= 4 is 63.7 Å². The zero-order valence-corrected chi connectivity index (χ0v) is 22.3. The van der Waals surface area contributed by atoms with Crippen LogP contribution in [0.1, 0.15) is 11.5 Å². The Morgan fingerprint density at radius 3 is 2.75 bits per heavy atom. The number of allylic oxidation sites excluding steroid dienone is 1. The maximum atomic E-state index is 12.8. The zero-order valence-electron chi connectivity index (χ0n) is 18.7. The van der Waals surface area contributed by atoms with Crippen molar-refractivity contribution in [2.45, 2.75) is 11.4 Å².